The number of hydrogen-bond donors (Lipinski definition) is 3. The monoisotopic (exact) mass is 239 g/mol. The Morgan fingerprint density at radius 1 is 1.29 bits per heavy atom. The highest BCUT2D eigenvalue weighted by molar-refractivity contribution is 5.94. The van der Waals surface area contributed by atoms with E-state index in [9.17, 15) is 9.90 Å². The van der Waals surface area contributed by atoms with E-state index in [1.807, 2.05) is 6.92 Å². The summed E-state index contributed by atoms with van der Waals surface area (Å²) in [5, 5.41) is 27.2. The average molecular weight is 239 g/mol. The summed E-state index contributed by atoms with van der Waals surface area (Å²) in [6.07, 6.45) is 0.518. The highest BCUT2D eigenvalue weighted by atomic mass is 16.3. The van der Waals surface area contributed by atoms with Gasteiger partial charge in [-0.15, -0.1) is 0 Å². The van der Waals surface area contributed by atoms with E-state index in [4.69, 9.17) is 10.2 Å². The lowest BCUT2D eigenvalue weighted by molar-refractivity contribution is 0.0754. The van der Waals surface area contributed by atoms with Gasteiger partial charge in [0.05, 0.1) is 0 Å². The maximum absolute atomic E-state index is 12.0. The minimum atomic E-state index is -0.311. The van der Waals surface area contributed by atoms with Crippen molar-refractivity contribution in [1.29, 1.82) is 0 Å². The van der Waals surface area contributed by atoms with E-state index >= 15 is 0 Å². The summed E-state index contributed by atoms with van der Waals surface area (Å²) in [6, 6.07) is 3.97. The van der Waals surface area contributed by atoms with Gasteiger partial charge in [0.15, 0.2) is 11.5 Å². The van der Waals surface area contributed by atoms with Crippen molar-refractivity contribution in [2.75, 3.05) is 19.7 Å². The van der Waals surface area contributed by atoms with Gasteiger partial charge in [0.1, 0.15) is 0 Å². The van der Waals surface area contributed by atoms with E-state index in [-0.39, 0.29) is 24.0 Å². The lowest BCUT2D eigenvalue weighted by atomic mass is 10.1. The van der Waals surface area contributed by atoms with Gasteiger partial charge in [0.25, 0.3) is 5.91 Å². The van der Waals surface area contributed by atoms with Gasteiger partial charge >= 0.3 is 0 Å². The first-order valence-corrected chi connectivity index (χ1v) is 5.52. The van der Waals surface area contributed by atoms with Crippen molar-refractivity contribution in [3.8, 4) is 11.5 Å². The smallest absolute Gasteiger partial charge is 0.253 e. The summed E-state index contributed by atoms with van der Waals surface area (Å²) in [5.41, 5.74) is 0.320. The van der Waals surface area contributed by atoms with Crippen LogP contribution in [0.25, 0.3) is 0 Å². The molecule has 0 aliphatic rings. The number of carbonyl (C=O) groups is 1. The van der Waals surface area contributed by atoms with Gasteiger partial charge in [-0.25, -0.2) is 0 Å². The Hall–Kier alpha value is -1.75. The van der Waals surface area contributed by atoms with Crippen LogP contribution < -0.4 is 0 Å². The molecule has 3 N–H and O–H groups in total. The molecule has 5 nitrogen and oxygen atoms in total. The Kier molecular flexibility index (Phi) is 4.78. The summed E-state index contributed by atoms with van der Waals surface area (Å²) >= 11 is 0. The van der Waals surface area contributed by atoms with E-state index in [0.717, 1.165) is 0 Å². The Morgan fingerprint density at radius 2 is 2.00 bits per heavy atom. The summed E-state index contributed by atoms with van der Waals surface area (Å²) < 4.78 is 0. The Morgan fingerprint density at radius 3 is 2.53 bits per heavy atom. The maximum Gasteiger partial charge on any atom is 0.253 e. The highest BCUT2D eigenvalue weighted by Gasteiger charge is 2.15. The largest absolute Gasteiger partial charge is 0.504 e. The molecule has 94 valence electrons. The third-order valence-electron chi connectivity index (χ3n) is 2.48. The van der Waals surface area contributed by atoms with Gasteiger partial charge in [0, 0.05) is 25.3 Å². The average Bonchev–Trinajstić information content (AvgIpc) is 2.33. The number of nitrogens with zero attached hydrogens (tertiary/aromatic N) is 1. The number of amides is 1. The molecule has 0 atom stereocenters. The van der Waals surface area contributed by atoms with Crippen molar-refractivity contribution < 1.29 is 20.1 Å². The van der Waals surface area contributed by atoms with Crippen molar-refractivity contribution in [2.24, 2.45) is 0 Å². The molecule has 0 aromatic heterocycles. The van der Waals surface area contributed by atoms with Crippen molar-refractivity contribution in [2.45, 2.75) is 13.3 Å². The van der Waals surface area contributed by atoms with Gasteiger partial charge in [-0.05, 0) is 31.5 Å². The molecule has 1 aromatic rings. The SMILES string of the molecule is CCN(CCCO)C(=O)c1ccc(O)c(O)c1. The molecule has 0 aliphatic carbocycles. The molecule has 0 saturated heterocycles. The van der Waals surface area contributed by atoms with Crippen LogP contribution in [0.1, 0.15) is 23.7 Å². The number of aromatic hydroxyl groups is 2. The molecule has 0 unspecified atom stereocenters. The molecule has 0 spiro atoms. The predicted molar refractivity (Wildman–Crippen MR) is 63.1 cm³/mol. The lowest BCUT2D eigenvalue weighted by Crippen LogP contribution is -2.32. The quantitative estimate of drug-likeness (QED) is 0.668. The van der Waals surface area contributed by atoms with Crippen LogP contribution in [0.3, 0.4) is 0 Å². The van der Waals surface area contributed by atoms with Gasteiger partial charge in [-0.3, -0.25) is 4.79 Å². The van der Waals surface area contributed by atoms with E-state index in [0.29, 0.717) is 25.1 Å². The second-order valence-electron chi connectivity index (χ2n) is 3.67. The van der Waals surface area contributed by atoms with Gasteiger partial charge in [-0.2, -0.15) is 0 Å². The molecule has 1 amide bonds. The second kappa shape index (κ2) is 6.10. The number of phenols is 2. The first-order valence-electron chi connectivity index (χ1n) is 5.52. The molecule has 0 heterocycles. The second-order valence-corrected chi connectivity index (χ2v) is 3.67. The first-order chi connectivity index (χ1) is 8.10. The molecule has 0 bridgehead atoms. The van der Waals surface area contributed by atoms with Crippen LogP contribution in [0.15, 0.2) is 18.2 Å². The van der Waals surface area contributed by atoms with E-state index in [1.54, 1.807) is 4.90 Å². The first kappa shape index (κ1) is 13.3. The van der Waals surface area contributed by atoms with Crippen molar-refractivity contribution in [3.63, 3.8) is 0 Å². The fourth-order valence-corrected chi connectivity index (χ4v) is 1.50. The third-order valence-corrected chi connectivity index (χ3v) is 2.48. The number of aliphatic hydroxyl groups is 1. The van der Waals surface area contributed by atoms with Crippen molar-refractivity contribution >= 4 is 5.91 Å². The molecule has 0 aliphatic heterocycles. The maximum atomic E-state index is 12.0. The van der Waals surface area contributed by atoms with Crippen LogP contribution >= 0.6 is 0 Å². The topological polar surface area (TPSA) is 81.0 Å². The number of benzene rings is 1. The zero-order chi connectivity index (χ0) is 12.8. The van der Waals surface area contributed by atoms with Gasteiger partial charge < -0.3 is 20.2 Å². The molecule has 5 heteroatoms. The van der Waals surface area contributed by atoms with Crippen molar-refractivity contribution in [1.82, 2.24) is 4.90 Å². The third kappa shape index (κ3) is 3.35. The predicted octanol–water partition coefficient (Wildman–Crippen LogP) is 0.942. The molecule has 17 heavy (non-hydrogen) atoms. The van der Waals surface area contributed by atoms with Crippen LogP contribution in [-0.4, -0.2) is 45.8 Å². The van der Waals surface area contributed by atoms with Crippen LogP contribution in [0.5, 0.6) is 11.5 Å². The molecule has 1 rings (SSSR count). The molecular weight excluding hydrogens is 222 g/mol. The molecule has 0 saturated carbocycles. The zero-order valence-corrected chi connectivity index (χ0v) is 9.76. The fourth-order valence-electron chi connectivity index (χ4n) is 1.50. The van der Waals surface area contributed by atoms with Crippen molar-refractivity contribution in [3.05, 3.63) is 23.8 Å². The Labute approximate surface area is 99.9 Å². The fraction of sp³-hybridized carbons (Fsp3) is 0.417. The van der Waals surface area contributed by atoms with Crippen LogP contribution in [0, 0.1) is 0 Å². The Bertz CT molecular complexity index is 392. The van der Waals surface area contributed by atoms with E-state index in [1.165, 1.54) is 18.2 Å². The summed E-state index contributed by atoms with van der Waals surface area (Å²) in [5.74, 6) is -0.787. The minimum absolute atomic E-state index is 0.0323. The molecule has 1 aromatic carbocycles. The zero-order valence-electron chi connectivity index (χ0n) is 9.76. The number of aliphatic hydroxyl groups excluding tert-OH is 1. The van der Waals surface area contributed by atoms with Crippen LogP contribution in [0.4, 0.5) is 0 Å². The van der Waals surface area contributed by atoms with Gasteiger partial charge in [0.2, 0.25) is 0 Å². The standard InChI is InChI=1S/C12H17NO4/c1-2-13(6-3-7-14)12(17)9-4-5-10(15)11(16)8-9/h4-5,8,14-16H,2-3,6-7H2,1H3. The van der Waals surface area contributed by atoms with Crippen LogP contribution in [-0.2, 0) is 0 Å². The molecular formula is C12H17NO4. The summed E-state index contributed by atoms with van der Waals surface area (Å²) in [6.45, 7) is 2.87. The van der Waals surface area contributed by atoms with E-state index in [2.05, 4.69) is 0 Å². The molecule has 0 fully saturated rings. The molecule has 0 radical (unpaired) electrons. The van der Waals surface area contributed by atoms with Gasteiger partial charge in [-0.1, -0.05) is 0 Å². The summed E-state index contributed by atoms with van der Waals surface area (Å²) in [4.78, 5) is 13.6. The number of carbonyl (C=O) groups excluding carboxylic acids is 1. The van der Waals surface area contributed by atoms with Crippen LogP contribution in [0.2, 0.25) is 0 Å². The Balaban J connectivity index is 2.82. The van der Waals surface area contributed by atoms with E-state index < -0.39 is 0 Å². The summed E-state index contributed by atoms with van der Waals surface area (Å²) in [7, 11) is 0. The minimum Gasteiger partial charge on any atom is -0.504 e. The lowest BCUT2D eigenvalue weighted by Gasteiger charge is -2.20. The highest BCUT2D eigenvalue weighted by Crippen LogP contribution is 2.25. The normalized spacial score (nSPS) is 10.2. The number of phenolic OH excluding ortho intramolecular Hbond substituents is 2. The number of rotatable bonds is 5. The number of hydrogen-bond acceptors (Lipinski definition) is 4.